The van der Waals surface area contributed by atoms with E-state index in [9.17, 15) is 5.11 Å². The molecule has 2 N–H and O–H groups in total. The van der Waals surface area contributed by atoms with Gasteiger partial charge in [-0.1, -0.05) is 12.1 Å². The van der Waals surface area contributed by atoms with Crippen LogP contribution in [0.25, 0.3) is 0 Å². The Morgan fingerprint density at radius 1 is 1.53 bits per heavy atom. The average Bonchev–Trinajstić information content (AvgIpc) is 2.74. The number of para-hydroxylation sites is 1. The first-order chi connectivity index (χ1) is 7.33. The molecule has 0 amide bonds. The van der Waals surface area contributed by atoms with Gasteiger partial charge in [-0.2, -0.15) is 0 Å². The highest BCUT2D eigenvalue weighted by Gasteiger charge is 2.20. The van der Waals surface area contributed by atoms with E-state index >= 15 is 0 Å². The summed E-state index contributed by atoms with van der Waals surface area (Å²) in [6.45, 7) is 3.53. The van der Waals surface area contributed by atoms with Gasteiger partial charge >= 0.3 is 0 Å². The fourth-order valence-electron chi connectivity index (χ4n) is 2.04. The molecule has 0 aliphatic carbocycles. The Balaban J connectivity index is 2.26. The Hall–Kier alpha value is -1.22. The number of hydrogen-bond acceptors (Lipinski definition) is 3. The minimum atomic E-state index is 0.283. The number of aromatic hydroxyl groups is 1. The van der Waals surface area contributed by atoms with Crippen LogP contribution in [0.4, 0.5) is 0 Å². The highest BCUT2D eigenvalue weighted by molar-refractivity contribution is 5.47. The van der Waals surface area contributed by atoms with Crippen LogP contribution in [-0.2, 0) is 0 Å². The molecule has 1 fully saturated rings. The molecule has 1 aromatic rings. The third-order valence-electron chi connectivity index (χ3n) is 2.77. The van der Waals surface area contributed by atoms with Crippen LogP contribution in [0.2, 0.25) is 0 Å². The number of nitrogens with one attached hydrogen (secondary N) is 1. The second-order valence-corrected chi connectivity index (χ2v) is 3.78. The number of benzene rings is 1. The quantitative estimate of drug-likeness (QED) is 0.798. The second kappa shape index (κ2) is 4.53. The maximum Gasteiger partial charge on any atom is 0.162 e. The predicted molar refractivity (Wildman–Crippen MR) is 59.3 cm³/mol. The molecule has 0 radical (unpaired) electrons. The first-order valence-corrected chi connectivity index (χ1v) is 5.51. The van der Waals surface area contributed by atoms with Crippen LogP contribution in [0, 0.1) is 0 Å². The van der Waals surface area contributed by atoms with Gasteiger partial charge in [0, 0.05) is 11.6 Å². The van der Waals surface area contributed by atoms with Gasteiger partial charge in [0.2, 0.25) is 0 Å². The molecule has 1 heterocycles. The normalized spacial score (nSPS) is 20.5. The summed E-state index contributed by atoms with van der Waals surface area (Å²) >= 11 is 0. The fourth-order valence-corrected chi connectivity index (χ4v) is 2.04. The van der Waals surface area contributed by atoms with Gasteiger partial charge < -0.3 is 15.2 Å². The lowest BCUT2D eigenvalue weighted by atomic mass is 10.0. The van der Waals surface area contributed by atoms with E-state index in [1.165, 1.54) is 6.42 Å². The van der Waals surface area contributed by atoms with Crippen LogP contribution >= 0.6 is 0 Å². The van der Waals surface area contributed by atoms with Crippen LogP contribution in [0.3, 0.4) is 0 Å². The molecule has 1 aliphatic rings. The smallest absolute Gasteiger partial charge is 0.162 e. The van der Waals surface area contributed by atoms with E-state index < -0.39 is 0 Å². The number of hydrogen-bond donors (Lipinski definition) is 2. The van der Waals surface area contributed by atoms with Crippen molar-refractivity contribution in [2.75, 3.05) is 13.2 Å². The minimum absolute atomic E-state index is 0.283. The summed E-state index contributed by atoms with van der Waals surface area (Å²) in [6, 6.07) is 5.98. The van der Waals surface area contributed by atoms with Crippen LogP contribution in [0.5, 0.6) is 11.5 Å². The van der Waals surface area contributed by atoms with Crippen LogP contribution in [0.15, 0.2) is 18.2 Å². The zero-order chi connectivity index (χ0) is 10.7. The molecule has 0 bridgehead atoms. The molecule has 0 unspecified atom stereocenters. The van der Waals surface area contributed by atoms with E-state index in [1.807, 2.05) is 19.1 Å². The Morgan fingerprint density at radius 3 is 3.07 bits per heavy atom. The molecule has 0 saturated carbocycles. The molecule has 3 nitrogen and oxygen atoms in total. The summed E-state index contributed by atoms with van der Waals surface area (Å²) in [7, 11) is 0. The topological polar surface area (TPSA) is 41.5 Å². The SMILES string of the molecule is CCOc1cccc([C@H]2CCCN2)c1O. The van der Waals surface area contributed by atoms with Crippen molar-refractivity contribution in [1.29, 1.82) is 0 Å². The Kier molecular flexibility index (Phi) is 3.11. The fraction of sp³-hybridized carbons (Fsp3) is 0.500. The Bertz CT molecular complexity index is 332. The van der Waals surface area contributed by atoms with Gasteiger partial charge in [-0.3, -0.25) is 0 Å². The van der Waals surface area contributed by atoms with Gasteiger partial charge in [0.05, 0.1) is 6.61 Å². The van der Waals surface area contributed by atoms with Crippen LogP contribution in [0.1, 0.15) is 31.4 Å². The highest BCUT2D eigenvalue weighted by Crippen LogP contribution is 2.36. The van der Waals surface area contributed by atoms with Gasteiger partial charge in [0.1, 0.15) is 0 Å². The van der Waals surface area contributed by atoms with Crippen molar-refractivity contribution in [3.8, 4) is 11.5 Å². The van der Waals surface area contributed by atoms with Crippen molar-refractivity contribution >= 4 is 0 Å². The first kappa shape index (κ1) is 10.3. The molecule has 1 atom stereocenters. The van der Waals surface area contributed by atoms with Crippen molar-refractivity contribution in [2.45, 2.75) is 25.8 Å². The molecule has 0 aromatic heterocycles. The molecular formula is C12H17NO2. The van der Waals surface area contributed by atoms with Crippen molar-refractivity contribution < 1.29 is 9.84 Å². The third kappa shape index (κ3) is 2.07. The number of phenolic OH excluding ortho intramolecular Hbond substituents is 1. The zero-order valence-corrected chi connectivity index (χ0v) is 8.99. The lowest BCUT2D eigenvalue weighted by Gasteiger charge is -2.15. The summed E-state index contributed by atoms with van der Waals surface area (Å²) in [4.78, 5) is 0. The second-order valence-electron chi connectivity index (χ2n) is 3.78. The lowest BCUT2D eigenvalue weighted by Crippen LogP contribution is -2.13. The molecule has 1 aliphatic heterocycles. The summed E-state index contributed by atoms with van der Waals surface area (Å²) in [5.74, 6) is 0.877. The lowest BCUT2D eigenvalue weighted by molar-refractivity contribution is 0.315. The molecule has 3 heteroatoms. The highest BCUT2D eigenvalue weighted by atomic mass is 16.5. The van der Waals surface area contributed by atoms with Gasteiger partial charge in [0.25, 0.3) is 0 Å². The molecule has 1 saturated heterocycles. The summed E-state index contributed by atoms with van der Waals surface area (Å²) < 4.78 is 5.36. The number of phenols is 1. The van der Waals surface area contributed by atoms with Crippen molar-refractivity contribution in [2.24, 2.45) is 0 Å². The van der Waals surface area contributed by atoms with Gasteiger partial charge in [0.15, 0.2) is 11.5 Å². The Labute approximate surface area is 90.1 Å². The van der Waals surface area contributed by atoms with E-state index in [4.69, 9.17) is 4.74 Å². The molecule has 82 valence electrons. The maximum atomic E-state index is 10.0. The summed E-state index contributed by atoms with van der Waals surface area (Å²) in [5.41, 5.74) is 0.957. The Morgan fingerprint density at radius 2 is 2.40 bits per heavy atom. The standard InChI is InChI=1S/C12H17NO2/c1-2-15-11-7-3-5-9(12(11)14)10-6-4-8-13-10/h3,5,7,10,13-14H,2,4,6,8H2,1H3/t10-/m1/s1. The molecule has 2 rings (SSSR count). The molecule has 15 heavy (non-hydrogen) atoms. The van der Waals surface area contributed by atoms with Crippen LogP contribution < -0.4 is 10.1 Å². The van der Waals surface area contributed by atoms with Gasteiger partial charge in [-0.25, -0.2) is 0 Å². The molecule has 1 aromatic carbocycles. The van der Waals surface area contributed by atoms with Crippen molar-refractivity contribution in [3.05, 3.63) is 23.8 Å². The number of ether oxygens (including phenoxy) is 1. The molecule has 0 spiro atoms. The predicted octanol–water partition coefficient (Wildman–Crippen LogP) is 2.22. The van der Waals surface area contributed by atoms with E-state index in [0.29, 0.717) is 18.1 Å². The number of rotatable bonds is 3. The van der Waals surface area contributed by atoms with E-state index in [2.05, 4.69) is 5.32 Å². The monoisotopic (exact) mass is 207 g/mol. The zero-order valence-electron chi connectivity index (χ0n) is 8.99. The van der Waals surface area contributed by atoms with Gasteiger partial charge in [-0.15, -0.1) is 0 Å². The van der Waals surface area contributed by atoms with E-state index in [0.717, 1.165) is 18.5 Å². The van der Waals surface area contributed by atoms with Crippen LogP contribution in [-0.4, -0.2) is 18.3 Å². The van der Waals surface area contributed by atoms with Gasteiger partial charge in [-0.05, 0) is 32.4 Å². The first-order valence-electron chi connectivity index (χ1n) is 5.51. The largest absolute Gasteiger partial charge is 0.504 e. The third-order valence-corrected chi connectivity index (χ3v) is 2.77. The van der Waals surface area contributed by atoms with E-state index in [-0.39, 0.29) is 6.04 Å². The maximum absolute atomic E-state index is 10.0. The van der Waals surface area contributed by atoms with Crippen molar-refractivity contribution in [1.82, 2.24) is 5.32 Å². The average molecular weight is 207 g/mol. The minimum Gasteiger partial charge on any atom is -0.504 e. The molecular weight excluding hydrogens is 190 g/mol. The summed E-state index contributed by atoms with van der Waals surface area (Å²) in [6.07, 6.45) is 2.26. The summed E-state index contributed by atoms with van der Waals surface area (Å²) in [5, 5.41) is 13.4. The van der Waals surface area contributed by atoms with Crippen molar-refractivity contribution in [3.63, 3.8) is 0 Å². The van der Waals surface area contributed by atoms with E-state index in [1.54, 1.807) is 6.07 Å².